The number of hydrogen-bond acceptors (Lipinski definition) is 4. The smallest absolute Gasteiger partial charge is 0.302 e. The molecule has 0 aromatic rings. The number of ether oxygens (including phenoxy) is 2. The Morgan fingerprint density at radius 2 is 1.29 bits per heavy atom. The molecule has 0 saturated heterocycles. The molecule has 1 rings (SSSR count). The largest absolute Gasteiger partial charge is 0.466 e. The van der Waals surface area contributed by atoms with Crippen molar-refractivity contribution in [3.05, 3.63) is 0 Å². The van der Waals surface area contributed by atoms with Crippen molar-refractivity contribution in [3.63, 3.8) is 0 Å². The number of rotatable bonds is 4. The second-order valence-electron chi connectivity index (χ2n) is 4.76. The normalized spacial score (nSPS) is 24.8. The van der Waals surface area contributed by atoms with Gasteiger partial charge in [0.15, 0.2) is 0 Å². The molecule has 0 spiro atoms. The molecule has 4 nitrogen and oxygen atoms in total. The standard InChI is InChI=1S/C13H22O4/c1-10(14)16-8-12-6-4-3-5-7-13(12)9-17-11(2)15/h12-13H,3-9H2,1-2H3. The molecule has 2 unspecified atom stereocenters. The molecule has 0 aromatic carbocycles. The van der Waals surface area contributed by atoms with Crippen LogP contribution in [0.1, 0.15) is 46.0 Å². The summed E-state index contributed by atoms with van der Waals surface area (Å²) < 4.78 is 10.2. The third-order valence-corrected chi connectivity index (χ3v) is 3.32. The van der Waals surface area contributed by atoms with E-state index in [1.54, 1.807) is 0 Å². The molecular formula is C13H22O4. The van der Waals surface area contributed by atoms with Crippen LogP contribution in [0.3, 0.4) is 0 Å². The van der Waals surface area contributed by atoms with Crippen LogP contribution in [-0.4, -0.2) is 25.2 Å². The van der Waals surface area contributed by atoms with Gasteiger partial charge in [0.25, 0.3) is 0 Å². The fraction of sp³-hybridized carbons (Fsp3) is 0.846. The van der Waals surface area contributed by atoms with Gasteiger partial charge in [-0.15, -0.1) is 0 Å². The third kappa shape index (κ3) is 5.71. The van der Waals surface area contributed by atoms with Gasteiger partial charge in [-0.1, -0.05) is 19.3 Å². The molecule has 0 radical (unpaired) electrons. The third-order valence-electron chi connectivity index (χ3n) is 3.32. The highest BCUT2D eigenvalue weighted by Crippen LogP contribution is 2.29. The maximum atomic E-state index is 10.8. The highest BCUT2D eigenvalue weighted by Gasteiger charge is 2.25. The summed E-state index contributed by atoms with van der Waals surface area (Å²) in [6.45, 7) is 3.78. The van der Waals surface area contributed by atoms with Gasteiger partial charge in [-0.05, 0) is 24.7 Å². The zero-order valence-electron chi connectivity index (χ0n) is 10.7. The van der Waals surface area contributed by atoms with Crippen molar-refractivity contribution in [2.45, 2.75) is 46.0 Å². The molecule has 1 saturated carbocycles. The summed E-state index contributed by atoms with van der Waals surface area (Å²) in [5, 5.41) is 0. The molecule has 0 N–H and O–H groups in total. The topological polar surface area (TPSA) is 52.6 Å². The van der Waals surface area contributed by atoms with Crippen LogP contribution in [0.4, 0.5) is 0 Å². The number of carbonyl (C=O) groups is 2. The summed E-state index contributed by atoms with van der Waals surface area (Å²) in [6, 6.07) is 0. The molecule has 0 bridgehead atoms. The van der Waals surface area contributed by atoms with Crippen LogP contribution in [0.2, 0.25) is 0 Å². The van der Waals surface area contributed by atoms with Crippen molar-refractivity contribution in [1.82, 2.24) is 0 Å². The predicted octanol–water partition coefficient (Wildman–Crippen LogP) is 2.31. The fourth-order valence-electron chi connectivity index (χ4n) is 2.35. The van der Waals surface area contributed by atoms with Crippen LogP contribution in [0.5, 0.6) is 0 Å². The molecule has 2 atom stereocenters. The monoisotopic (exact) mass is 242 g/mol. The Bertz CT molecular complexity index is 236. The maximum absolute atomic E-state index is 10.8. The molecular weight excluding hydrogens is 220 g/mol. The first-order valence-corrected chi connectivity index (χ1v) is 6.36. The van der Waals surface area contributed by atoms with Crippen LogP contribution >= 0.6 is 0 Å². The van der Waals surface area contributed by atoms with E-state index in [-0.39, 0.29) is 11.9 Å². The first-order chi connectivity index (χ1) is 8.09. The minimum absolute atomic E-state index is 0.236. The second kappa shape index (κ2) is 7.30. The van der Waals surface area contributed by atoms with Crippen LogP contribution < -0.4 is 0 Å². The molecule has 0 aliphatic heterocycles. The number of hydrogen-bond donors (Lipinski definition) is 0. The van der Waals surface area contributed by atoms with E-state index in [1.165, 1.54) is 33.1 Å². The van der Waals surface area contributed by atoms with Crippen LogP contribution in [0.25, 0.3) is 0 Å². The Balaban J connectivity index is 2.46. The lowest BCUT2D eigenvalue weighted by atomic mass is 9.89. The van der Waals surface area contributed by atoms with Crippen molar-refractivity contribution < 1.29 is 19.1 Å². The lowest BCUT2D eigenvalue weighted by molar-refractivity contribution is -0.147. The highest BCUT2D eigenvalue weighted by atomic mass is 16.5. The van der Waals surface area contributed by atoms with Crippen LogP contribution in [-0.2, 0) is 19.1 Å². The van der Waals surface area contributed by atoms with E-state index in [9.17, 15) is 9.59 Å². The quantitative estimate of drug-likeness (QED) is 0.560. The van der Waals surface area contributed by atoms with Crippen molar-refractivity contribution in [2.75, 3.05) is 13.2 Å². The molecule has 17 heavy (non-hydrogen) atoms. The van der Waals surface area contributed by atoms with Gasteiger partial charge < -0.3 is 9.47 Å². The Morgan fingerprint density at radius 1 is 0.882 bits per heavy atom. The van der Waals surface area contributed by atoms with E-state index in [0.717, 1.165) is 12.8 Å². The zero-order valence-corrected chi connectivity index (χ0v) is 10.7. The van der Waals surface area contributed by atoms with Crippen molar-refractivity contribution >= 4 is 11.9 Å². The van der Waals surface area contributed by atoms with E-state index in [1.807, 2.05) is 0 Å². The molecule has 0 aromatic heterocycles. The van der Waals surface area contributed by atoms with Gasteiger partial charge in [0.1, 0.15) is 0 Å². The molecule has 4 heteroatoms. The Morgan fingerprint density at radius 3 is 1.65 bits per heavy atom. The zero-order chi connectivity index (χ0) is 12.7. The first-order valence-electron chi connectivity index (χ1n) is 6.36. The highest BCUT2D eigenvalue weighted by molar-refractivity contribution is 5.66. The van der Waals surface area contributed by atoms with Crippen molar-refractivity contribution in [2.24, 2.45) is 11.8 Å². The molecule has 1 fully saturated rings. The summed E-state index contributed by atoms with van der Waals surface area (Å²) in [5.74, 6) is 0.197. The van der Waals surface area contributed by atoms with Gasteiger partial charge in [-0.2, -0.15) is 0 Å². The average Bonchev–Trinajstić information content (AvgIpc) is 2.48. The minimum Gasteiger partial charge on any atom is -0.466 e. The number of carbonyl (C=O) groups excluding carboxylic acids is 2. The van der Waals surface area contributed by atoms with E-state index >= 15 is 0 Å². The Kier molecular flexibility index (Phi) is 6.01. The molecule has 1 aliphatic carbocycles. The summed E-state index contributed by atoms with van der Waals surface area (Å²) in [5.41, 5.74) is 0. The Labute approximate surface area is 103 Å². The lowest BCUT2D eigenvalue weighted by Crippen LogP contribution is -2.25. The fourth-order valence-corrected chi connectivity index (χ4v) is 2.35. The molecule has 0 amide bonds. The average molecular weight is 242 g/mol. The molecule has 98 valence electrons. The first kappa shape index (κ1) is 14.0. The molecule has 0 heterocycles. The van der Waals surface area contributed by atoms with Gasteiger partial charge in [0, 0.05) is 13.8 Å². The van der Waals surface area contributed by atoms with Crippen molar-refractivity contribution in [3.8, 4) is 0 Å². The van der Waals surface area contributed by atoms with Gasteiger partial charge >= 0.3 is 11.9 Å². The number of esters is 2. The van der Waals surface area contributed by atoms with Crippen LogP contribution in [0.15, 0.2) is 0 Å². The summed E-state index contributed by atoms with van der Waals surface area (Å²) in [6.07, 6.45) is 5.66. The SMILES string of the molecule is CC(=O)OCC1CCCCCC1COC(C)=O. The molecule has 1 aliphatic rings. The summed E-state index contributed by atoms with van der Waals surface area (Å²) >= 11 is 0. The predicted molar refractivity (Wildman–Crippen MR) is 63.3 cm³/mol. The van der Waals surface area contributed by atoms with Crippen molar-refractivity contribution in [1.29, 1.82) is 0 Å². The van der Waals surface area contributed by atoms with Gasteiger partial charge in [0.2, 0.25) is 0 Å². The lowest BCUT2D eigenvalue weighted by Gasteiger charge is -2.24. The minimum atomic E-state index is -0.236. The van der Waals surface area contributed by atoms with E-state index in [4.69, 9.17) is 9.47 Å². The Hall–Kier alpha value is -1.06. The van der Waals surface area contributed by atoms with Gasteiger partial charge in [0.05, 0.1) is 13.2 Å². The van der Waals surface area contributed by atoms with Gasteiger partial charge in [-0.25, -0.2) is 0 Å². The van der Waals surface area contributed by atoms with Gasteiger partial charge in [-0.3, -0.25) is 9.59 Å². The summed E-state index contributed by atoms with van der Waals surface area (Å²) in [4.78, 5) is 21.7. The van der Waals surface area contributed by atoms with E-state index in [0.29, 0.717) is 25.0 Å². The van der Waals surface area contributed by atoms with E-state index < -0.39 is 0 Å². The van der Waals surface area contributed by atoms with E-state index in [2.05, 4.69) is 0 Å². The maximum Gasteiger partial charge on any atom is 0.302 e. The van der Waals surface area contributed by atoms with Crippen LogP contribution in [0, 0.1) is 11.8 Å². The second-order valence-corrected chi connectivity index (χ2v) is 4.76. The summed E-state index contributed by atoms with van der Waals surface area (Å²) in [7, 11) is 0.